The second-order valence-electron chi connectivity index (χ2n) is 10.2. The molecule has 2 aliphatic rings. The number of amides is 1. The summed E-state index contributed by atoms with van der Waals surface area (Å²) in [7, 11) is -3.36. The Morgan fingerprint density at radius 1 is 1.22 bits per heavy atom. The predicted molar refractivity (Wildman–Crippen MR) is 138 cm³/mol. The molecule has 4 N–H and O–H groups in total. The molecule has 0 spiro atoms. The van der Waals surface area contributed by atoms with Crippen molar-refractivity contribution < 1.29 is 22.0 Å². The van der Waals surface area contributed by atoms with Crippen molar-refractivity contribution in [2.75, 3.05) is 25.0 Å². The molecule has 1 amide bonds. The molecule has 2 fully saturated rings. The van der Waals surface area contributed by atoms with Gasteiger partial charge in [0, 0.05) is 37.2 Å². The van der Waals surface area contributed by atoms with E-state index in [9.17, 15) is 22.0 Å². The van der Waals surface area contributed by atoms with E-state index in [0.717, 1.165) is 11.8 Å². The highest BCUT2D eigenvalue weighted by molar-refractivity contribution is 7.90. The lowest BCUT2D eigenvalue weighted by atomic mass is 9.82. The first kappa shape index (κ1) is 27.6. The molecule has 2 unspecified atom stereocenters. The number of hydrogen-bond acceptors (Lipinski definition) is 6. The van der Waals surface area contributed by atoms with E-state index < -0.39 is 27.8 Å². The number of carbonyl (C=O) groups is 1. The number of carbonyl (C=O) groups excluding carboxylic acids is 1. The number of nitrogens with zero attached hydrogens (tertiary/aromatic N) is 2. The highest BCUT2D eigenvalue weighted by atomic mass is 32.2. The number of hydrogen-bond donors (Lipinski definition) is 3. The van der Waals surface area contributed by atoms with Gasteiger partial charge in [0.05, 0.1) is 29.4 Å². The van der Waals surface area contributed by atoms with E-state index in [-0.39, 0.29) is 46.6 Å². The van der Waals surface area contributed by atoms with Gasteiger partial charge in [-0.05, 0) is 49.3 Å². The largest absolute Gasteiger partial charge is 0.323 e. The summed E-state index contributed by atoms with van der Waals surface area (Å²) in [6, 6.07) is 4.61. The predicted octanol–water partition coefficient (Wildman–Crippen LogP) is 2.76. The van der Waals surface area contributed by atoms with Gasteiger partial charge in [0.25, 0.3) is 0 Å². The lowest BCUT2D eigenvalue weighted by Gasteiger charge is -2.35. The zero-order valence-electron chi connectivity index (χ0n) is 21.2. The summed E-state index contributed by atoms with van der Waals surface area (Å²) in [5.41, 5.74) is 7.56. The number of nitrogens with one attached hydrogen (secondary N) is 2. The van der Waals surface area contributed by atoms with Gasteiger partial charge in [-0.1, -0.05) is 26.0 Å². The minimum Gasteiger partial charge on any atom is -0.323 e. The van der Waals surface area contributed by atoms with Gasteiger partial charge in [0.2, 0.25) is 15.9 Å². The number of aromatic nitrogens is 1. The maximum atomic E-state index is 14.9. The molecular weight excluding hydrogens is 500 g/mol. The van der Waals surface area contributed by atoms with Crippen molar-refractivity contribution in [3.8, 4) is 0 Å². The highest BCUT2D eigenvalue weighted by Gasteiger charge is 2.43. The Balaban J connectivity index is 1.49. The lowest BCUT2D eigenvalue weighted by molar-refractivity contribution is -0.118. The summed E-state index contributed by atoms with van der Waals surface area (Å²) < 4.78 is 55.7. The van der Waals surface area contributed by atoms with Crippen LogP contribution in [0.1, 0.15) is 50.2 Å². The molecule has 3 atom stereocenters. The number of anilines is 1. The fourth-order valence-corrected chi connectivity index (χ4v) is 7.14. The second kappa shape index (κ2) is 11.5. The number of benzene rings is 1. The van der Waals surface area contributed by atoms with Crippen LogP contribution in [0.3, 0.4) is 0 Å². The summed E-state index contributed by atoms with van der Waals surface area (Å²) in [6.07, 6.45) is 4.43. The van der Waals surface area contributed by atoms with Crippen molar-refractivity contribution in [3.05, 3.63) is 59.4 Å². The van der Waals surface area contributed by atoms with Crippen LogP contribution in [-0.2, 0) is 21.2 Å². The van der Waals surface area contributed by atoms with E-state index in [1.807, 2.05) is 13.8 Å². The standard InChI is InChI=1S/C26H35F2N5O3S/c1-16(2)24(17-3-5-18(27)6-4-17)25(29)26(34)32-23-15-31-14-22(28)21(23)10-7-19-13-30-11-12-33(19)37(35,36)20-8-9-20/h3-6,14-16,19-20,24-25,30H,7-13,29H2,1-2H3,(H,32,34)/t19-,24?,25?/m0/s1. The number of sulfonamides is 1. The first-order valence-electron chi connectivity index (χ1n) is 12.7. The summed E-state index contributed by atoms with van der Waals surface area (Å²) in [5, 5.41) is 5.66. The van der Waals surface area contributed by atoms with Crippen LogP contribution in [-0.4, -0.2) is 60.6 Å². The number of pyridine rings is 1. The fourth-order valence-electron chi connectivity index (χ4n) is 5.09. The quantitative estimate of drug-likeness (QED) is 0.431. The molecule has 202 valence electrons. The molecule has 4 rings (SSSR count). The Hall–Kier alpha value is -2.47. The Kier molecular flexibility index (Phi) is 8.57. The molecule has 2 aromatic rings. The smallest absolute Gasteiger partial charge is 0.241 e. The monoisotopic (exact) mass is 535 g/mol. The van der Waals surface area contributed by atoms with E-state index in [1.165, 1.54) is 18.3 Å². The third kappa shape index (κ3) is 6.34. The third-order valence-corrected chi connectivity index (χ3v) is 9.67. The molecule has 37 heavy (non-hydrogen) atoms. The van der Waals surface area contributed by atoms with Crippen LogP contribution in [0.2, 0.25) is 0 Å². The number of halogens is 2. The maximum absolute atomic E-state index is 14.9. The van der Waals surface area contributed by atoms with Gasteiger partial charge in [-0.2, -0.15) is 4.31 Å². The molecule has 2 heterocycles. The molecule has 11 heteroatoms. The zero-order chi connectivity index (χ0) is 26.7. The van der Waals surface area contributed by atoms with Gasteiger partial charge in [0.1, 0.15) is 11.6 Å². The summed E-state index contributed by atoms with van der Waals surface area (Å²) in [4.78, 5) is 17.1. The molecule has 1 saturated carbocycles. The lowest BCUT2D eigenvalue weighted by Crippen LogP contribution is -2.54. The van der Waals surface area contributed by atoms with E-state index in [0.29, 0.717) is 38.9 Å². The number of piperazine rings is 1. The van der Waals surface area contributed by atoms with E-state index in [4.69, 9.17) is 5.73 Å². The number of rotatable bonds is 10. The Bertz CT molecular complexity index is 1210. The normalized spacial score (nSPS) is 20.5. The molecular formula is C26H35F2N5O3S. The third-order valence-electron chi connectivity index (χ3n) is 7.22. The maximum Gasteiger partial charge on any atom is 0.241 e. The van der Waals surface area contributed by atoms with Crippen LogP contribution in [0.5, 0.6) is 0 Å². The SMILES string of the molecule is CC(C)C(c1ccc(F)cc1)C(N)C(=O)Nc1cncc(F)c1CC[C@H]1CNCCN1S(=O)(=O)C1CC1. The van der Waals surface area contributed by atoms with E-state index in [1.54, 1.807) is 16.4 Å². The summed E-state index contributed by atoms with van der Waals surface area (Å²) >= 11 is 0. The minimum absolute atomic E-state index is 0.0190. The first-order valence-corrected chi connectivity index (χ1v) is 14.3. The molecule has 1 aliphatic heterocycles. The van der Waals surface area contributed by atoms with Crippen molar-refractivity contribution in [1.82, 2.24) is 14.6 Å². The van der Waals surface area contributed by atoms with Crippen LogP contribution >= 0.6 is 0 Å². The summed E-state index contributed by atoms with van der Waals surface area (Å²) in [6.45, 7) is 5.31. The van der Waals surface area contributed by atoms with Gasteiger partial charge >= 0.3 is 0 Å². The highest BCUT2D eigenvalue weighted by Crippen LogP contribution is 2.33. The average molecular weight is 536 g/mol. The minimum atomic E-state index is -3.36. The van der Waals surface area contributed by atoms with Crippen molar-refractivity contribution in [2.24, 2.45) is 11.7 Å². The zero-order valence-corrected chi connectivity index (χ0v) is 22.0. The van der Waals surface area contributed by atoms with Gasteiger partial charge < -0.3 is 16.4 Å². The topological polar surface area (TPSA) is 117 Å². The van der Waals surface area contributed by atoms with Crippen molar-refractivity contribution in [2.45, 2.75) is 62.8 Å². The van der Waals surface area contributed by atoms with Gasteiger partial charge in [-0.25, -0.2) is 17.2 Å². The van der Waals surface area contributed by atoms with Gasteiger partial charge in [0.15, 0.2) is 0 Å². The molecule has 0 radical (unpaired) electrons. The van der Waals surface area contributed by atoms with Crippen LogP contribution in [0.25, 0.3) is 0 Å². The van der Waals surface area contributed by atoms with Crippen LogP contribution in [0.4, 0.5) is 14.5 Å². The molecule has 0 bridgehead atoms. The Morgan fingerprint density at radius 2 is 1.92 bits per heavy atom. The van der Waals surface area contributed by atoms with Crippen molar-refractivity contribution >= 4 is 21.6 Å². The van der Waals surface area contributed by atoms with Crippen LogP contribution in [0, 0.1) is 17.6 Å². The van der Waals surface area contributed by atoms with Gasteiger partial charge in [-0.3, -0.25) is 9.78 Å². The van der Waals surface area contributed by atoms with Crippen LogP contribution in [0.15, 0.2) is 36.7 Å². The summed E-state index contributed by atoms with van der Waals surface area (Å²) in [5.74, 6) is -1.87. The van der Waals surface area contributed by atoms with E-state index in [2.05, 4.69) is 15.6 Å². The van der Waals surface area contributed by atoms with Crippen molar-refractivity contribution in [3.63, 3.8) is 0 Å². The van der Waals surface area contributed by atoms with E-state index >= 15 is 0 Å². The average Bonchev–Trinajstić information content (AvgIpc) is 3.71. The molecule has 8 nitrogen and oxygen atoms in total. The van der Waals surface area contributed by atoms with Gasteiger partial charge in [-0.15, -0.1) is 0 Å². The molecule has 1 saturated heterocycles. The molecule has 1 aromatic heterocycles. The van der Waals surface area contributed by atoms with Crippen molar-refractivity contribution in [1.29, 1.82) is 0 Å². The fraction of sp³-hybridized carbons (Fsp3) is 0.538. The molecule has 1 aromatic carbocycles. The Labute approximate surface area is 217 Å². The van der Waals surface area contributed by atoms with Crippen LogP contribution < -0.4 is 16.4 Å². The number of nitrogens with two attached hydrogens (primary N) is 1. The second-order valence-corrected chi connectivity index (χ2v) is 12.4. The Morgan fingerprint density at radius 3 is 2.57 bits per heavy atom. The first-order chi connectivity index (χ1) is 17.6. The molecule has 1 aliphatic carbocycles.